The lowest BCUT2D eigenvalue weighted by atomic mass is 10.0. The summed E-state index contributed by atoms with van der Waals surface area (Å²) in [5.74, 6) is 0.0435. The van der Waals surface area contributed by atoms with Crippen LogP contribution in [0.15, 0.2) is 36.5 Å². The number of hydrogen-bond donors (Lipinski definition) is 2. The molecule has 0 aliphatic carbocycles. The molecule has 0 spiro atoms. The molecule has 0 atom stereocenters. The van der Waals surface area contributed by atoms with Crippen LogP contribution in [-0.2, 0) is 10.3 Å². The number of hydrogen-bond acceptors (Lipinski definition) is 4. The van der Waals surface area contributed by atoms with E-state index >= 15 is 0 Å². The molecule has 0 aliphatic rings. The van der Waals surface area contributed by atoms with Crippen LogP contribution in [0.3, 0.4) is 0 Å². The fourth-order valence-corrected chi connectivity index (χ4v) is 2.52. The second-order valence-electron chi connectivity index (χ2n) is 6.51. The van der Waals surface area contributed by atoms with E-state index in [4.69, 9.17) is 5.73 Å². The normalized spacial score (nSPS) is 11.5. The van der Waals surface area contributed by atoms with E-state index in [2.05, 4.69) is 15.6 Å². The second kappa shape index (κ2) is 8.59. The van der Waals surface area contributed by atoms with Gasteiger partial charge < -0.3 is 11.1 Å². The molecule has 1 heterocycles. The van der Waals surface area contributed by atoms with Gasteiger partial charge in [-0.05, 0) is 45.4 Å². The van der Waals surface area contributed by atoms with Crippen LogP contribution in [-0.4, -0.2) is 27.4 Å². The summed E-state index contributed by atoms with van der Waals surface area (Å²) in [6.45, 7) is 4.60. The van der Waals surface area contributed by atoms with Crippen LogP contribution in [0, 0.1) is 0 Å². The Hall–Kier alpha value is -2.21. The maximum absolute atomic E-state index is 12.2. The van der Waals surface area contributed by atoms with E-state index in [0.717, 1.165) is 43.6 Å². The molecule has 0 radical (unpaired) electrons. The van der Waals surface area contributed by atoms with Gasteiger partial charge in [0.15, 0.2) is 0 Å². The van der Waals surface area contributed by atoms with E-state index in [1.54, 1.807) is 4.68 Å². The summed E-state index contributed by atoms with van der Waals surface area (Å²) in [4.78, 5) is 12.2. The van der Waals surface area contributed by atoms with E-state index in [-0.39, 0.29) is 5.91 Å². The van der Waals surface area contributed by atoms with E-state index in [1.165, 1.54) is 0 Å². The standard InChI is InChI=1S/C18H27N5O/c1-18(2,20-17(24)12-8-3-4-9-13-19)16-14-23(22-21-16)15-10-6-5-7-11-15/h5-7,10-11,14H,3-4,8-9,12-13,19H2,1-2H3,(H,20,24). The zero-order valence-corrected chi connectivity index (χ0v) is 14.5. The monoisotopic (exact) mass is 329 g/mol. The third-order valence-corrected chi connectivity index (χ3v) is 3.96. The highest BCUT2D eigenvalue weighted by atomic mass is 16.1. The Labute approximate surface area is 143 Å². The van der Waals surface area contributed by atoms with E-state index in [1.807, 2.05) is 50.4 Å². The molecule has 6 heteroatoms. The number of para-hydroxylation sites is 1. The molecule has 130 valence electrons. The topological polar surface area (TPSA) is 85.8 Å². The quantitative estimate of drug-likeness (QED) is 0.692. The fourth-order valence-electron chi connectivity index (χ4n) is 2.52. The molecule has 0 saturated carbocycles. The van der Waals surface area contributed by atoms with Gasteiger partial charge in [0.2, 0.25) is 5.91 Å². The van der Waals surface area contributed by atoms with Gasteiger partial charge in [0, 0.05) is 6.42 Å². The Kier molecular flexibility index (Phi) is 6.49. The van der Waals surface area contributed by atoms with E-state index < -0.39 is 5.54 Å². The number of amides is 1. The number of nitrogens with two attached hydrogens (primary N) is 1. The van der Waals surface area contributed by atoms with E-state index in [0.29, 0.717) is 6.42 Å². The summed E-state index contributed by atoms with van der Waals surface area (Å²) in [6.07, 6.45) is 6.42. The molecular formula is C18H27N5O. The van der Waals surface area contributed by atoms with Gasteiger partial charge >= 0.3 is 0 Å². The molecule has 6 nitrogen and oxygen atoms in total. The van der Waals surface area contributed by atoms with Crippen molar-refractivity contribution in [2.75, 3.05) is 6.54 Å². The lowest BCUT2D eigenvalue weighted by Gasteiger charge is -2.23. The molecule has 0 bridgehead atoms. The summed E-state index contributed by atoms with van der Waals surface area (Å²) < 4.78 is 1.72. The van der Waals surface area contributed by atoms with Gasteiger partial charge in [-0.3, -0.25) is 4.79 Å². The summed E-state index contributed by atoms with van der Waals surface area (Å²) in [6, 6.07) is 9.79. The van der Waals surface area contributed by atoms with Crippen LogP contribution in [0.4, 0.5) is 0 Å². The lowest BCUT2D eigenvalue weighted by molar-refractivity contribution is -0.122. The Morgan fingerprint density at radius 2 is 1.88 bits per heavy atom. The molecular weight excluding hydrogens is 302 g/mol. The minimum Gasteiger partial charge on any atom is -0.345 e. The average molecular weight is 329 g/mol. The summed E-state index contributed by atoms with van der Waals surface area (Å²) in [7, 11) is 0. The largest absolute Gasteiger partial charge is 0.345 e. The van der Waals surface area contributed by atoms with Gasteiger partial charge in [0.05, 0.1) is 17.4 Å². The second-order valence-corrected chi connectivity index (χ2v) is 6.51. The average Bonchev–Trinajstić information content (AvgIpc) is 3.06. The van der Waals surface area contributed by atoms with Gasteiger partial charge in [0.1, 0.15) is 5.69 Å². The van der Waals surface area contributed by atoms with Gasteiger partial charge in [-0.15, -0.1) is 5.10 Å². The number of unbranched alkanes of at least 4 members (excludes halogenated alkanes) is 3. The Bertz CT molecular complexity index is 636. The number of nitrogens with zero attached hydrogens (tertiary/aromatic N) is 3. The van der Waals surface area contributed by atoms with Crippen molar-refractivity contribution in [3.05, 3.63) is 42.2 Å². The first-order valence-corrected chi connectivity index (χ1v) is 8.52. The number of carbonyl (C=O) groups is 1. The summed E-state index contributed by atoms with van der Waals surface area (Å²) in [5.41, 5.74) is 6.60. The highest BCUT2D eigenvalue weighted by Gasteiger charge is 2.26. The first kappa shape index (κ1) is 18.1. The molecule has 0 saturated heterocycles. The lowest BCUT2D eigenvalue weighted by Crippen LogP contribution is -2.41. The van der Waals surface area contributed by atoms with Crippen molar-refractivity contribution < 1.29 is 4.79 Å². The number of aromatic nitrogens is 3. The molecule has 1 aromatic carbocycles. The van der Waals surface area contributed by atoms with Crippen LogP contribution in [0.25, 0.3) is 5.69 Å². The molecule has 3 N–H and O–H groups in total. The number of benzene rings is 1. The van der Waals surface area contributed by atoms with Crippen molar-refractivity contribution >= 4 is 5.91 Å². The first-order chi connectivity index (χ1) is 11.5. The van der Waals surface area contributed by atoms with Crippen molar-refractivity contribution in [1.82, 2.24) is 20.3 Å². The molecule has 0 unspecified atom stereocenters. The van der Waals surface area contributed by atoms with Gasteiger partial charge in [-0.25, -0.2) is 4.68 Å². The van der Waals surface area contributed by atoms with Crippen LogP contribution < -0.4 is 11.1 Å². The number of rotatable bonds is 9. The number of carbonyl (C=O) groups excluding carboxylic acids is 1. The van der Waals surface area contributed by atoms with Crippen LogP contribution in [0.5, 0.6) is 0 Å². The summed E-state index contributed by atoms with van der Waals surface area (Å²) >= 11 is 0. The van der Waals surface area contributed by atoms with Gasteiger partial charge in [-0.1, -0.05) is 36.3 Å². The maximum Gasteiger partial charge on any atom is 0.220 e. The van der Waals surface area contributed by atoms with Gasteiger partial charge in [-0.2, -0.15) is 0 Å². The highest BCUT2D eigenvalue weighted by Crippen LogP contribution is 2.19. The molecule has 1 amide bonds. The van der Waals surface area contributed by atoms with Crippen molar-refractivity contribution in [2.24, 2.45) is 5.73 Å². The van der Waals surface area contributed by atoms with E-state index in [9.17, 15) is 4.79 Å². The molecule has 0 aliphatic heterocycles. The summed E-state index contributed by atoms with van der Waals surface area (Å²) in [5, 5.41) is 11.4. The van der Waals surface area contributed by atoms with Crippen molar-refractivity contribution in [2.45, 2.75) is 51.5 Å². The zero-order valence-electron chi connectivity index (χ0n) is 14.5. The van der Waals surface area contributed by atoms with Gasteiger partial charge in [0.25, 0.3) is 0 Å². The first-order valence-electron chi connectivity index (χ1n) is 8.52. The van der Waals surface area contributed by atoms with Crippen LogP contribution in [0.1, 0.15) is 51.6 Å². The molecule has 1 aromatic heterocycles. The van der Waals surface area contributed by atoms with Crippen LogP contribution >= 0.6 is 0 Å². The predicted octanol–water partition coefficient (Wildman–Crippen LogP) is 2.53. The predicted molar refractivity (Wildman–Crippen MR) is 94.7 cm³/mol. The number of nitrogens with one attached hydrogen (secondary N) is 1. The molecule has 0 fully saturated rings. The third-order valence-electron chi connectivity index (χ3n) is 3.96. The van der Waals surface area contributed by atoms with Crippen molar-refractivity contribution in [1.29, 1.82) is 0 Å². The van der Waals surface area contributed by atoms with Crippen LogP contribution in [0.2, 0.25) is 0 Å². The smallest absolute Gasteiger partial charge is 0.220 e. The minimum atomic E-state index is -0.554. The Morgan fingerprint density at radius 1 is 1.17 bits per heavy atom. The maximum atomic E-state index is 12.2. The zero-order chi connectivity index (χ0) is 17.4. The van der Waals surface area contributed by atoms with Crippen molar-refractivity contribution in [3.8, 4) is 5.69 Å². The van der Waals surface area contributed by atoms with Crippen molar-refractivity contribution in [3.63, 3.8) is 0 Å². The SMILES string of the molecule is CC(C)(NC(=O)CCCCCCN)c1cn(-c2ccccc2)nn1. The fraction of sp³-hybridized carbons (Fsp3) is 0.500. The molecule has 24 heavy (non-hydrogen) atoms. The minimum absolute atomic E-state index is 0.0435. The molecule has 2 aromatic rings. The molecule has 2 rings (SSSR count). The Morgan fingerprint density at radius 3 is 2.58 bits per heavy atom. The Balaban J connectivity index is 1.90. The highest BCUT2D eigenvalue weighted by molar-refractivity contribution is 5.76. The third kappa shape index (κ3) is 5.16.